The average Bonchev–Trinajstić information content (AvgIpc) is 3.54. The van der Waals surface area contributed by atoms with Crippen LogP contribution in [0.5, 0.6) is 0 Å². The molecule has 3 aromatic rings. The monoisotopic (exact) mass is 493 g/mol. The standard InChI is InChI=1S/C27H32FN5O3/c1-16(2)21-14-29-33-23(13-22(19-10-11-19)31-24(21)33)32(26(35)36-27(4,5)6)15-18-8-7-9-20(12-18)30-25(34)17(3)28/h7-9,12-14,16,19H,3,10-11,15H2,1-2,4-6H3,(H,30,34). The third-order valence-corrected chi connectivity index (χ3v) is 5.78. The fraction of sp³-hybridized carbons (Fsp3) is 0.407. The summed E-state index contributed by atoms with van der Waals surface area (Å²) in [5.74, 6) is -0.884. The van der Waals surface area contributed by atoms with E-state index in [0.29, 0.717) is 23.0 Å². The molecule has 1 fully saturated rings. The lowest BCUT2D eigenvalue weighted by Crippen LogP contribution is -2.37. The number of hydrogen-bond donors (Lipinski definition) is 1. The van der Waals surface area contributed by atoms with Crippen LogP contribution in [0.2, 0.25) is 0 Å². The van der Waals surface area contributed by atoms with Crippen LogP contribution in [0.3, 0.4) is 0 Å². The Morgan fingerprint density at radius 2 is 2.00 bits per heavy atom. The Morgan fingerprint density at radius 3 is 2.61 bits per heavy atom. The number of aromatic nitrogens is 3. The molecular formula is C27H32FN5O3. The van der Waals surface area contributed by atoms with Crippen molar-refractivity contribution < 1.29 is 18.7 Å². The molecular weight excluding hydrogens is 461 g/mol. The van der Waals surface area contributed by atoms with Crippen LogP contribution < -0.4 is 10.2 Å². The molecule has 1 aliphatic rings. The van der Waals surface area contributed by atoms with Gasteiger partial charge < -0.3 is 10.1 Å². The molecule has 9 heteroatoms. The van der Waals surface area contributed by atoms with E-state index in [1.165, 1.54) is 4.90 Å². The van der Waals surface area contributed by atoms with Crippen LogP contribution >= 0.6 is 0 Å². The van der Waals surface area contributed by atoms with Crippen LogP contribution in [0, 0.1) is 0 Å². The summed E-state index contributed by atoms with van der Waals surface area (Å²) in [6.45, 7) is 12.8. The van der Waals surface area contributed by atoms with Gasteiger partial charge in [0.15, 0.2) is 11.5 Å². The lowest BCUT2D eigenvalue weighted by atomic mass is 10.1. The first kappa shape index (κ1) is 25.3. The fourth-order valence-corrected chi connectivity index (χ4v) is 3.85. The number of ether oxygens (including phenoxy) is 1. The summed E-state index contributed by atoms with van der Waals surface area (Å²) in [5.41, 5.74) is 3.03. The van der Waals surface area contributed by atoms with Gasteiger partial charge in [0.05, 0.1) is 12.7 Å². The maximum absolute atomic E-state index is 13.5. The van der Waals surface area contributed by atoms with E-state index in [2.05, 4.69) is 30.8 Å². The van der Waals surface area contributed by atoms with Crippen LogP contribution in [-0.4, -0.2) is 32.2 Å². The molecule has 2 aromatic heterocycles. The molecule has 1 N–H and O–H groups in total. The van der Waals surface area contributed by atoms with Crippen LogP contribution in [0.25, 0.3) is 5.65 Å². The third kappa shape index (κ3) is 5.72. The van der Waals surface area contributed by atoms with E-state index in [9.17, 15) is 14.0 Å². The number of hydrogen-bond acceptors (Lipinski definition) is 5. The minimum atomic E-state index is -1.08. The molecule has 1 saturated carbocycles. The Balaban J connectivity index is 1.79. The predicted octanol–water partition coefficient (Wildman–Crippen LogP) is 6.09. The zero-order valence-corrected chi connectivity index (χ0v) is 21.3. The molecule has 1 aliphatic carbocycles. The molecule has 0 aliphatic heterocycles. The summed E-state index contributed by atoms with van der Waals surface area (Å²) >= 11 is 0. The van der Waals surface area contributed by atoms with E-state index in [1.54, 1.807) is 28.9 Å². The Morgan fingerprint density at radius 1 is 1.28 bits per heavy atom. The van der Waals surface area contributed by atoms with Gasteiger partial charge in [-0.15, -0.1) is 0 Å². The summed E-state index contributed by atoms with van der Waals surface area (Å²) in [6, 6.07) is 8.77. The predicted molar refractivity (Wildman–Crippen MR) is 137 cm³/mol. The van der Waals surface area contributed by atoms with Gasteiger partial charge in [-0.05, 0) is 57.2 Å². The second-order valence-electron chi connectivity index (χ2n) is 10.4. The van der Waals surface area contributed by atoms with Gasteiger partial charge in [0.25, 0.3) is 5.91 Å². The summed E-state index contributed by atoms with van der Waals surface area (Å²) in [7, 11) is 0. The molecule has 0 saturated heterocycles. The molecule has 2 amide bonds. The molecule has 4 rings (SSSR count). The zero-order chi connectivity index (χ0) is 26.2. The molecule has 2 heterocycles. The van der Waals surface area contributed by atoms with E-state index >= 15 is 0 Å². The van der Waals surface area contributed by atoms with E-state index in [1.807, 2.05) is 32.9 Å². The molecule has 1 aromatic carbocycles. The summed E-state index contributed by atoms with van der Waals surface area (Å²) in [6.07, 6.45) is 3.37. The van der Waals surface area contributed by atoms with Gasteiger partial charge in [-0.2, -0.15) is 9.61 Å². The highest BCUT2D eigenvalue weighted by atomic mass is 19.1. The van der Waals surface area contributed by atoms with Crippen molar-refractivity contribution in [2.24, 2.45) is 0 Å². The maximum Gasteiger partial charge on any atom is 0.416 e. The summed E-state index contributed by atoms with van der Waals surface area (Å²) < 4.78 is 20.7. The average molecular weight is 494 g/mol. The van der Waals surface area contributed by atoms with E-state index in [-0.39, 0.29) is 12.5 Å². The van der Waals surface area contributed by atoms with E-state index in [0.717, 1.165) is 29.7 Å². The molecule has 0 spiro atoms. The Kier molecular flexibility index (Phi) is 6.84. The quantitative estimate of drug-likeness (QED) is 0.402. The van der Waals surface area contributed by atoms with Gasteiger partial charge in [0, 0.05) is 28.9 Å². The molecule has 36 heavy (non-hydrogen) atoms. The second-order valence-corrected chi connectivity index (χ2v) is 10.4. The minimum Gasteiger partial charge on any atom is -0.443 e. The first-order valence-electron chi connectivity index (χ1n) is 12.1. The van der Waals surface area contributed by atoms with E-state index < -0.39 is 23.4 Å². The van der Waals surface area contributed by atoms with Crippen molar-refractivity contribution in [1.29, 1.82) is 0 Å². The van der Waals surface area contributed by atoms with Gasteiger partial charge in [-0.3, -0.25) is 9.69 Å². The SMILES string of the molecule is C=C(F)C(=O)Nc1cccc(CN(C(=O)OC(C)(C)C)c2cc(C3CC3)nc3c(C(C)C)cnn23)c1. The number of halogens is 1. The number of rotatable bonds is 7. The van der Waals surface area contributed by atoms with Crippen molar-refractivity contribution >= 4 is 29.2 Å². The minimum absolute atomic E-state index is 0.134. The molecule has 0 radical (unpaired) electrons. The summed E-state index contributed by atoms with van der Waals surface area (Å²) in [5, 5.41) is 7.04. The molecule has 8 nitrogen and oxygen atoms in total. The van der Waals surface area contributed by atoms with Gasteiger partial charge in [-0.1, -0.05) is 32.6 Å². The van der Waals surface area contributed by atoms with Crippen molar-refractivity contribution in [2.45, 2.75) is 71.4 Å². The van der Waals surface area contributed by atoms with E-state index in [4.69, 9.17) is 9.72 Å². The van der Waals surface area contributed by atoms with Gasteiger partial charge in [-0.25, -0.2) is 14.2 Å². The number of nitrogens with zero attached hydrogens (tertiary/aromatic N) is 4. The van der Waals surface area contributed by atoms with Gasteiger partial charge >= 0.3 is 6.09 Å². The smallest absolute Gasteiger partial charge is 0.416 e. The number of fused-ring (bicyclic) bond motifs is 1. The number of benzene rings is 1. The van der Waals surface area contributed by atoms with Crippen molar-refractivity contribution in [1.82, 2.24) is 14.6 Å². The number of anilines is 2. The fourth-order valence-electron chi connectivity index (χ4n) is 3.85. The number of carbonyl (C=O) groups excluding carboxylic acids is 2. The van der Waals surface area contributed by atoms with Crippen molar-refractivity contribution in [3.63, 3.8) is 0 Å². The summed E-state index contributed by atoms with van der Waals surface area (Å²) in [4.78, 5) is 31.7. The van der Waals surface area contributed by atoms with Crippen molar-refractivity contribution in [3.8, 4) is 0 Å². The lowest BCUT2D eigenvalue weighted by Gasteiger charge is -2.28. The zero-order valence-electron chi connectivity index (χ0n) is 21.3. The second kappa shape index (κ2) is 9.72. The number of amides is 2. The van der Waals surface area contributed by atoms with Gasteiger partial charge in [0.2, 0.25) is 0 Å². The Bertz CT molecular complexity index is 1320. The van der Waals surface area contributed by atoms with Crippen LogP contribution in [0.4, 0.5) is 20.7 Å². The number of nitrogens with one attached hydrogen (secondary N) is 1. The maximum atomic E-state index is 13.5. The lowest BCUT2D eigenvalue weighted by molar-refractivity contribution is -0.114. The van der Waals surface area contributed by atoms with Crippen LogP contribution in [0.1, 0.15) is 76.1 Å². The van der Waals surface area contributed by atoms with Crippen LogP contribution in [-0.2, 0) is 16.1 Å². The molecule has 0 bridgehead atoms. The van der Waals surface area contributed by atoms with Gasteiger partial charge in [0.1, 0.15) is 11.4 Å². The first-order valence-corrected chi connectivity index (χ1v) is 12.1. The highest BCUT2D eigenvalue weighted by Gasteiger charge is 2.31. The van der Waals surface area contributed by atoms with Crippen molar-refractivity contribution in [3.05, 3.63) is 65.8 Å². The van der Waals surface area contributed by atoms with Crippen molar-refractivity contribution in [2.75, 3.05) is 10.2 Å². The highest BCUT2D eigenvalue weighted by molar-refractivity contribution is 6.01. The van der Waals surface area contributed by atoms with Crippen LogP contribution in [0.15, 0.2) is 48.9 Å². The number of carbonyl (C=O) groups is 2. The molecule has 190 valence electrons. The third-order valence-electron chi connectivity index (χ3n) is 5.78. The first-order chi connectivity index (χ1) is 16.9. The highest BCUT2D eigenvalue weighted by Crippen LogP contribution is 2.41. The normalized spacial score (nSPS) is 13.6. The Hall–Kier alpha value is -3.75. The molecule has 0 atom stereocenters. The Labute approximate surface area is 210 Å². The topological polar surface area (TPSA) is 88.8 Å². The largest absolute Gasteiger partial charge is 0.443 e. The molecule has 0 unspecified atom stereocenters.